The van der Waals surface area contributed by atoms with Crippen LogP contribution < -0.4 is 4.74 Å². The Kier molecular flexibility index (Phi) is 5.54. The van der Waals surface area contributed by atoms with Crippen LogP contribution in [-0.4, -0.2) is 27.1 Å². The number of benzene rings is 3. The minimum Gasteiger partial charge on any atom is -0.481 e. The molecule has 168 valence electrons. The molecule has 1 aromatic heterocycles. The van der Waals surface area contributed by atoms with Gasteiger partial charge < -0.3 is 14.8 Å². The van der Waals surface area contributed by atoms with Gasteiger partial charge in [-0.1, -0.05) is 54.6 Å². The van der Waals surface area contributed by atoms with Gasteiger partial charge in [0.25, 0.3) is 6.01 Å². The Morgan fingerprint density at radius 2 is 1.58 bits per heavy atom. The molecule has 1 fully saturated rings. The van der Waals surface area contributed by atoms with Gasteiger partial charge in [-0.2, -0.15) is 4.98 Å². The molecule has 3 aromatic carbocycles. The number of ether oxygens (including phenoxy) is 1. The third kappa shape index (κ3) is 4.18. The van der Waals surface area contributed by atoms with Gasteiger partial charge in [-0.25, -0.2) is 8.78 Å². The molecule has 2 N–H and O–H groups in total. The van der Waals surface area contributed by atoms with Gasteiger partial charge in [0.2, 0.25) is 0 Å². The van der Waals surface area contributed by atoms with Crippen molar-refractivity contribution in [3.8, 4) is 28.3 Å². The fourth-order valence-electron chi connectivity index (χ4n) is 4.42. The van der Waals surface area contributed by atoms with Gasteiger partial charge in [-0.05, 0) is 42.4 Å². The zero-order valence-corrected chi connectivity index (χ0v) is 17.7. The highest BCUT2D eigenvalue weighted by atomic mass is 19.1. The van der Waals surface area contributed by atoms with Crippen molar-refractivity contribution in [2.24, 2.45) is 5.92 Å². The average molecular weight is 448 g/mol. The smallest absolute Gasteiger partial charge is 0.306 e. The van der Waals surface area contributed by atoms with Crippen molar-refractivity contribution < 1.29 is 23.4 Å². The molecule has 5 rings (SSSR count). The molecule has 1 heterocycles. The Bertz CT molecular complexity index is 1290. The molecule has 7 heteroatoms. The molecular formula is C26H22F2N2O3. The van der Waals surface area contributed by atoms with Crippen LogP contribution in [0.1, 0.15) is 25.7 Å². The number of aromatic amines is 1. The van der Waals surface area contributed by atoms with Crippen LogP contribution in [0, 0.1) is 17.6 Å². The van der Waals surface area contributed by atoms with E-state index in [1.54, 1.807) is 12.1 Å². The molecule has 0 saturated heterocycles. The fourth-order valence-corrected chi connectivity index (χ4v) is 4.42. The lowest BCUT2D eigenvalue weighted by Gasteiger charge is -2.25. The minimum atomic E-state index is -0.793. The van der Waals surface area contributed by atoms with E-state index in [0.29, 0.717) is 31.2 Å². The van der Waals surface area contributed by atoms with Gasteiger partial charge in [0, 0.05) is 6.07 Å². The molecule has 1 aliphatic carbocycles. The quantitative estimate of drug-likeness (QED) is 0.381. The van der Waals surface area contributed by atoms with E-state index in [4.69, 9.17) is 9.84 Å². The number of hydrogen-bond donors (Lipinski definition) is 2. The predicted octanol–water partition coefficient (Wildman–Crippen LogP) is 6.20. The first-order chi connectivity index (χ1) is 16.0. The highest BCUT2D eigenvalue weighted by Crippen LogP contribution is 2.34. The van der Waals surface area contributed by atoms with E-state index in [2.05, 4.69) is 9.97 Å². The summed E-state index contributed by atoms with van der Waals surface area (Å²) >= 11 is 0. The van der Waals surface area contributed by atoms with E-state index < -0.39 is 17.6 Å². The summed E-state index contributed by atoms with van der Waals surface area (Å²) in [4.78, 5) is 18.2. The Labute approximate surface area is 189 Å². The maximum Gasteiger partial charge on any atom is 0.306 e. The number of halogens is 2. The summed E-state index contributed by atoms with van der Waals surface area (Å²) in [5.74, 6) is -2.59. The number of carboxylic acid groups (broad SMARTS) is 1. The SMILES string of the molecule is O=C(O)[C@H]1CC[C@H](Oc2nc3c(F)c(-c4ccc(-c5ccccc5)cc4)c(F)cc3[nH]2)CC1. The van der Waals surface area contributed by atoms with Crippen molar-refractivity contribution in [1.82, 2.24) is 9.97 Å². The number of rotatable bonds is 5. The number of aliphatic carboxylic acids is 1. The minimum absolute atomic E-state index is 0.00718. The normalized spacial score (nSPS) is 18.4. The Morgan fingerprint density at radius 3 is 2.24 bits per heavy atom. The molecule has 0 bridgehead atoms. The number of hydrogen-bond acceptors (Lipinski definition) is 3. The van der Waals surface area contributed by atoms with E-state index >= 15 is 4.39 Å². The van der Waals surface area contributed by atoms with Crippen molar-refractivity contribution in [1.29, 1.82) is 0 Å². The van der Waals surface area contributed by atoms with Crippen molar-refractivity contribution in [3.63, 3.8) is 0 Å². The molecule has 0 atom stereocenters. The summed E-state index contributed by atoms with van der Waals surface area (Å²) in [5, 5.41) is 9.12. The zero-order chi connectivity index (χ0) is 22.9. The lowest BCUT2D eigenvalue weighted by molar-refractivity contribution is -0.143. The summed E-state index contributed by atoms with van der Waals surface area (Å²) in [7, 11) is 0. The molecular weight excluding hydrogens is 426 g/mol. The largest absolute Gasteiger partial charge is 0.481 e. The number of H-pyrrole nitrogens is 1. The highest BCUT2D eigenvalue weighted by molar-refractivity contribution is 5.84. The van der Waals surface area contributed by atoms with Crippen LogP contribution in [0.3, 0.4) is 0 Å². The molecule has 0 unspecified atom stereocenters. The standard InChI is InChI=1S/C26H22F2N2O3/c27-20-14-21-24(30-26(29-21)33-19-12-10-18(11-13-19)25(31)32)23(28)22(20)17-8-6-16(7-9-17)15-4-2-1-3-5-15/h1-9,14,18-19H,10-13H2,(H,29,30)(H,31,32)/t18-,19-. The van der Waals surface area contributed by atoms with Crippen molar-refractivity contribution in [3.05, 3.63) is 72.3 Å². The summed E-state index contributed by atoms with van der Waals surface area (Å²) in [6.45, 7) is 0. The molecule has 4 aromatic rings. The van der Waals surface area contributed by atoms with Crippen molar-refractivity contribution in [2.75, 3.05) is 0 Å². The van der Waals surface area contributed by atoms with Gasteiger partial charge in [-0.15, -0.1) is 0 Å². The maximum absolute atomic E-state index is 15.3. The molecule has 0 spiro atoms. The summed E-state index contributed by atoms with van der Waals surface area (Å²) in [5.41, 5.74) is 2.48. The fraction of sp³-hybridized carbons (Fsp3) is 0.231. The van der Waals surface area contributed by atoms with Gasteiger partial charge in [0.1, 0.15) is 17.4 Å². The Morgan fingerprint density at radius 1 is 0.939 bits per heavy atom. The van der Waals surface area contributed by atoms with Crippen LogP contribution in [0.4, 0.5) is 8.78 Å². The molecule has 33 heavy (non-hydrogen) atoms. The molecule has 5 nitrogen and oxygen atoms in total. The number of nitrogens with one attached hydrogen (secondary N) is 1. The van der Waals surface area contributed by atoms with Gasteiger partial charge in [0.05, 0.1) is 17.0 Å². The summed E-state index contributed by atoms with van der Waals surface area (Å²) in [6, 6.07) is 18.1. The summed E-state index contributed by atoms with van der Waals surface area (Å²) < 4.78 is 36.0. The van der Waals surface area contributed by atoms with E-state index in [-0.39, 0.29) is 34.6 Å². The first kappa shape index (κ1) is 21.1. The molecule has 1 saturated carbocycles. The van der Waals surface area contributed by atoms with E-state index in [0.717, 1.165) is 11.1 Å². The van der Waals surface area contributed by atoms with E-state index in [1.807, 2.05) is 42.5 Å². The second-order valence-electron chi connectivity index (χ2n) is 8.36. The van der Waals surface area contributed by atoms with Crippen LogP contribution in [0.2, 0.25) is 0 Å². The van der Waals surface area contributed by atoms with E-state index in [9.17, 15) is 9.18 Å². The second-order valence-corrected chi connectivity index (χ2v) is 8.36. The number of imidazole rings is 1. The Balaban J connectivity index is 1.40. The van der Waals surface area contributed by atoms with Crippen LogP contribution in [0.25, 0.3) is 33.3 Å². The molecule has 0 radical (unpaired) electrons. The third-order valence-electron chi connectivity index (χ3n) is 6.23. The van der Waals surface area contributed by atoms with Gasteiger partial charge >= 0.3 is 5.97 Å². The number of carbonyl (C=O) groups is 1. The lowest BCUT2D eigenvalue weighted by Crippen LogP contribution is -2.28. The van der Waals surface area contributed by atoms with Crippen LogP contribution in [-0.2, 0) is 4.79 Å². The van der Waals surface area contributed by atoms with Crippen LogP contribution in [0.5, 0.6) is 6.01 Å². The highest BCUT2D eigenvalue weighted by Gasteiger charge is 2.28. The topological polar surface area (TPSA) is 75.2 Å². The number of fused-ring (bicyclic) bond motifs is 1. The first-order valence-corrected chi connectivity index (χ1v) is 10.9. The van der Waals surface area contributed by atoms with Crippen molar-refractivity contribution >= 4 is 17.0 Å². The van der Waals surface area contributed by atoms with Crippen LogP contribution in [0.15, 0.2) is 60.7 Å². The van der Waals surface area contributed by atoms with E-state index in [1.165, 1.54) is 6.07 Å². The number of carboxylic acids is 1. The summed E-state index contributed by atoms with van der Waals surface area (Å²) in [6.07, 6.45) is 1.98. The molecule has 0 amide bonds. The average Bonchev–Trinajstić information content (AvgIpc) is 3.23. The molecule has 0 aliphatic heterocycles. The Hall–Kier alpha value is -3.74. The van der Waals surface area contributed by atoms with Crippen molar-refractivity contribution in [2.45, 2.75) is 31.8 Å². The predicted molar refractivity (Wildman–Crippen MR) is 121 cm³/mol. The monoisotopic (exact) mass is 448 g/mol. The third-order valence-corrected chi connectivity index (χ3v) is 6.23. The van der Waals surface area contributed by atoms with Gasteiger partial charge in [0.15, 0.2) is 5.82 Å². The lowest BCUT2D eigenvalue weighted by atomic mass is 9.87. The van der Waals surface area contributed by atoms with Gasteiger partial charge in [-0.3, -0.25) is 4.79 Å². The number of nitrogens with zero attached hydrogens (tertiary/aromatic N) is 1. The maximum atomic E-state index is 15.3. The molecule has 1 aliphatic rings. The second kappa shape index (κ2) is 8.65. The van der Waals surface area contributed by atoms with Crippen LogP contribution >= 0.6 is 0 Å². The number of aromatic nitrogens is 2. The first-order valence-electron chi connectivity index (χ1n) is 10.9. The zero-order valence-electron chi connectivity index (χ0n) is 17.7.